The highest BCUT2D eigenvalue weighted by molar-refractivity contribution is 5.96. The van der Waals surface area contributed by atoms with Crippen LogP contribution in [0.2, 0.25) is 0 Å². The van der Waals surface area contributed by atoms with Crippen LogP contribution < -0.4 is 10.6 Å². The van der Waals surface area contributed by atoms with Crippen molar-refractivity contribution in [3.8, 4) is 5.75 Å². The predicted octanol–water partition coefficient (Wildman–Crippen LogP) is 5.85. The Kier molecular flexibility index (Phi) is 8.83. The van der Waals surface area contributed by atoms with Crippen LogP contribution in [0.4, 0.5) is 0 Å². The third-order valence-corrected chi connectivity index (χ3v) is 12.4. The highest BCUT2D eigenvalue weighted by atomic mass is 16.6. The minimum Gasteiger partial charge on any atom is -0.508 e. The highest BCUT2D eigenvalue weighted by Gasteiger charge is 2.58. The summed E-state index contributed by atoms with van der Waals surface area (Å²) < 4.78 is 19.8. The summed E-state index contributed by atoms with van der Waals surface area (Å²) in [4.78, 5) is 27.7. The van der Waals surface area contributed by atoms with Crippen LogP contribution in [-0.2, 0) is 19.0 Å². The quantitative estimate of drug-likeness (QED) is 0.296. The molecule has 6 fully saturated rings. The average Bonchev–Trinajstić information content (AvgIpc) is 3.04. The summed E-state index contributed by atoms with van der Waals surface area (Å²) in [7, 11) is 0. The molecule has 8 rings (SSSR count). The van der Waals surface area contributed by atoms with Crippen LogP contribution in [0.3, 0.4) is 0 Å². The number of fused-ring (bicyclic) bond motifs is 1. The molecule has 4 saturated carbocycles. The molecule has 0 radical (unpaired) electrons. The maximum Gasteiger partial charge on any atom is 0.338 e. The smallest absolute Gasteiger partial charge is 0.338 e. The monoisotopic (exact) mass is 632 g/mol. The number of aromatic hydroxyl groups is 1. The van der Waals surface area contributed by atoms with Crippen LogP contribution in [0.5, 0.6) is 5.75 Å². The second kappa shape index (κ2) is 12.7. The average molecular weight is 633 g/mol. The van der Waals surface area contributed by atoms with E-state index in [1.54, 1.807) is 18.2 Å². The van der Waals surface area contributed by atoms with Gasteiger partial charge in [0.1, 0.15) is 17.0 Å². The minimum absolute atomic E-state index is 0.0249. The second-order valence-electron chi connectivity index (χ2n) is 15.8. The number of carbonyl (C=O) groups is 2. The molecule has 0 spiro atoms. The van der Waals surface area contributed by atoms with Gasteiger partial charge in [0.15, 0.2) is 0 Å². The summed E-state index contributed by atoms with van der Waals surface area (Å²) in [6.07, 6.45) is 8.18. The molecule has 3 N–H and O–H groups in total. The Balaban J connectivity index is 1.08. The molecule has 4 aliphatic carbocycles. The largest absolute Gasteiger partial charge is 0.508 e. The van der Waals surface area contributed by atoms with E-state index in [2.05, 4.69) is 24.5 Å². The maximum absolute atomic E-state index is 14.0. The fraction of sp³-hybridized carbons (Fsp3) is 0.684. The van der Waals surface area contributed by atoms with Crippen LogP contribution in [0.1, 0.15) is 82.5 Å². The van der Waals surface area contributed by atoms with Crippen LogP contribution in [0.15, 0.2) is 36.4 Å². The Labute approximate surface area is 273 Å². The van der Waals surface area contributed by atoms with Gasteiger partial charge in [0.05, 0.1) is 24.2 Å². The molecule has 0 amide bonds. The van der Waals surface area contributed by atoms with Gasteiger partial charge in [-0.1, -0.05) is 12.1 Å². The number of rotatable bonds is 9. The molecule has 250 valence electrons. The Morgan fingerprint density at radius 1 is 0.804 bits per heavy atom. The van der Waals surface area contributed by atoms with Crippen molar-refractivity contribution < 1.29 is 28.9 Å². The Morgan fingerprint density at radius 2 is 1.46 bits per heavy atom. The Bertz CT molecular complexity index is 1430. The van der Waals surface area contributed by atoms with Gasteiger partial charge in [-0.3, -0.25) is 4.79 Å². The number of benzene rings is 2. The lowest BCUT2D eigenvalue weighted by Crippen LogP contribution is -2.59. The van der Waals surface area contributed by atoms with Crippen molar-refractivity contribution >= 4 is 22.7 Å². The van der Waals surface area contributed by atoms with Gasteiger partial charge in [-0.2, -0.15) is 0 Å². The molecule has 7 unspecified atom stereocenters. The SMILES string of the molecule is CC(C)(OC(=O)C1C2CC3CC(C2)C(OCC(C)(OC(=O)c2ccc4cc(O)ccc4c2)C2CCNCC2)C1C3)C1CCNCC1. The van der Waals surface area contributed by atoms with Gasteiger partial charge >= 0.3 is 11.9 Å². The zero-order valence-electron chi connectivity index (χ0n) is 27.8. The number of phenols is 1. The molecule has 4 bridgehead atoms. The van der Waals surface area contributed by atoms with Gasteiger partial charge in [-0.05, 0) is 157 Å². The second-order valence-corrected chi connectivity index (χ2v) is 15.8. The molecule has 2 aromatic rings. The predicted molar refractivity (Wildman–Crippen MR) is 176 cm³/mol. The molecule has 2 saturated heterocycles. The van der Waals surface area contributed by atoms with E-state index in [1.165, 1.54) is 0 Å². The number of phenolic OH excluding ortho intramolecular Hbond substituents is 1. The molecule has 6 aliphatic rings. The molecule has 7 atom stereocenters. The van der Waals surface area contributed by atoms with E-state index in [-0.39, 0.29) is 41.5 Å². The first-order valence-corrected chi connectivity index (χ1v) is 17.8. The van der Waals surface area contributed by atoms with Gasteiger partial charge in [0.2, 0.25) is 0 Å². The van der Waals surface area contributed by atoms with E-state index in [0.29, 0.717) is 35.8 Å². The first kappa shape index (κ1) is 31.9. The normalized spacial score (nSPS) is 31.5. The molecule has 2 heterocycles. The van der Waals surface area contributed by atoms with Gasteiger partial charge in [-0.15, -0.1) is 0 Å². The lowest BCUT2D eigenvalue weighted by molar-refractivity contribution is -0.208. The fourth-order valence-corrected chi connectivity index (χ4v) is 9.97. The molecule has 2 aliphatic heterocycles. The van der Waals surface area contributed by atoms with E-state index in [1.807, 2.05) is 25.1 Å². The zero-order valence-corrected chi connectivity index (χ0v) is 27.8. The topological polar surface area (TPSA) is 106 Å². The van der Waals surface area contributed by atoms with E-state index in [4.69, 9.17) is 14.2 Å². The van der Waals surface area contributed by atoms with Crippen LogP contribution in [-0.4, -0.2) is 67.1 Å². The number of hydrogen-bond acceptors (Lipinski definition) is 8. The molecule has 0 aromatic heterocycles. The molecule has 8 heteroatoms. The van der Waals surface area contributed by atoms with Crippen molar-refractivity contribution in [3.05, 3.63) is 42.0 Å². The molecular formula is C38H52N2O6. The summed E-state index contributed by atoms with van der Waals surface area (Å²) in [6.45, 7) is 10.3. The lowest BCUT2D eigenvalue weighted by Gasteiger charge is -2.57. The minimum atomic E-state index is -0.801. The standard InChI is InChI=1S/C38H52N2O6/c1-37(2,29-8-12-39-13-9-29)45-36(43)33-27-16-23-17-28(20-27)34(32(33)18-23)44-22-38(3,30-10-14-40-15-11-30)46-35(42)26-5-4-25-21-31(41)7-6-24(25)19-26/h4-7,19,21,23,27-30,32-34,39-41H,8-18,20,22H2,1-3H3. The van der Waals surface area contributed by atoms with Crippen LogP contribution in [0.25, 0.3) is 10.8 Å². The zero-order chi connectivity index (χ0) is 32.1. The number of esters is 2. The van der Waals surface area contributed by atoms with Gasteiger partial charge in [0.25, 0.3) is 0 Å². The Hall–Kier alpha value is -2.68. The summed E-state index contributed by atoms with van der Waals surface area (Å²) in [6, 6.07) is 10.6. The molecule has 2 aromatic carbocycles. The van der Waals surface area contributed by atoms with Crippen molar-refractivity contribution in [2.45, 2.75) is 89.4 Å². The van der Waals surface area contributed by atoms with Gasteiger partial charge in [0, 0.05) is 11.8 Å². The van der Waals surface area contributed by atoms with E-state index < -0.39 is 11.2 Å². The van der Waals surface area contributed by atoms with Crippen LogP contribution >= 0.6 is 0 Å². The summed E-state index contributed by atoms with van der Waals surface area (Å²) in [5.41, 5.74) is -0.785. The van der Waals surface area contributed by atoms with E-state index >= 15 is 0 Å². The van der Waals surface area contributed by atoms with Crippen molar-refractivity contribution in [2.75, 3.05) is 32.8 Å². The third-order valence-electron chi connectivity index (χ3n) is 12.4. The van der Waals surface area contributed by atoms with Crippen molar-refractivity contribution in [1.82, 2.24) is 10.6 Å². The van der Waals surface area contributed by atoms with Crippen molar-refractivity contribution in [2.24, 2.45) is 41.4 Å². The number of piperidine rings is 2. The summed E-state index contributed by atoms with van der Waals surface area (Å²) >= 11 is 0. The highest BCUT2D eigenvalue weighted by Crippen LogP contribution is 2.58. The summed E-state index contributed by atoms with van der Waals surface area (Å²) in [5, 5.41) is 18.5. The van der Waals surface area contributed by atoms with Crippen molar-refractivity contribution in [1.29, 1.82) is 0 Å². The first-order valence-electron chi connectivity index (χ1n) is 17.8. The number of ether oxygens (including phenoxy) is 3. The molecule has 8 nitrogen and oxygen atoms in total. The molecule has 46 heavy (non-hydrogen) atoms. The third kappa shape index (κ3) is 6.29. The van der Waals surface area contributed by atoms with Gasteiger partial charge < -0.3 is 30.0 Å². The number of nitrogens with one attached hydrogen (secondary N) is 2. The summed E-state index contributed by atoms with van der Waals surface area (Å²) in [5.74, 6) is 1.87. The lowest BCUT2D eigenvalue weighted by atomic mass is 9.50. The van der Waals surface area contributed by atoms with E-state index in [9.17, 15) is 14.7 Å². The number of carbonyl (C=O) groups excluding carboxylic acids is 2. The molecular weight excluding hydrogens is 580 g/mol. The maximum atomic E-state index is 14.0. The fourth-order valence-electron chi connectivity index (χ4n) is 9.97. The number of hydrogen-bond donors (Lipinski definition) is 3. The first-order chi connectivity index (χ1) is 22.1. The Morgan fingerprint density at radius 3 is 2.20 bits per heavy atom. The van der Waals surface area contributed by atoms with E-state index in [0.717, 1.165) is 88.3 Å². The van der Waals surface area contributed by atoms with Crippen molar-refractivity contribution in [3.63, 3.8) is 0 Å². The van der Waals surface area contributed by atoms with Gasteiger partial charge in [-0.25, -0.2) is 4.79 Å². The van der Waals surface area contributed by atoms with Crippen LogP contribution in [0, 0.1) is 41.4 Å².